The minimum atomic E-state index is -4.89. The summed E-state index contributed by atoms with van der Waals surface area (Å²) in [4.78, 5) is 25.5. The Morgan fingerprint density at radius 3 is 1.74 bits per heavy atom. The van der Waals surface area contributed by atoms with E-state index in [0.29, 0.717) is 28.3 Å². The normalized spacial score (nSPS) is 15.3. The van der Waals surface area contributed by atoms with Crippen molar-refractivity contribution >= 4 is 77.0 Å². The number of ketones is 2. The van der Waals surface area contributed by atoms with Crippen LogP contribution in [0.4, 0.5) is 22.7 Å². The number of methoxy groups -OCH3 is 2. The van der Waals surface area contributed by atoms with Gasteiger partial charge < -0.3 is 14.8 Å². The number of hydrogen-bond acceptors (Lipinski definition) is 13. The Kier molecular flexibility index (Phi) is 10.3. The average molecular weight is 806 g/mol. The molecule has 0 aromatic heterocycles. The molecule has 0 amide bonds. The second kappa shape index (κ2) is 15.3. The highest BCUT2D eigenvalue weighted by molar-refractivity contribution is 7.95. The van der Waals surface area contributed by atoms with Crippen molar-refractivity contribution in [3.05, 3.63) is 142 Å². The second-order valence-corrected chi connectivity index (χ2v) is 15.3. The van der Waals surface area contributed by atoms with Gasteiger partial charge in [-0.1, -0.05) is 54.6 Å². The summed E-state index contributed by atoms with van der Waals surface area (Å²) in [5.74, 6) is -0.719. The van der Waals surface area contributed by atoms with E-state index in [2.05, 4.69) is 26.4 Å². The van der Waals surface area contributed by atoms with Crippen molar-refractivity contribution in [2.24, 2.45) is 10.2 Å². The summed E-state index contributed by atoms with van der Waals surface area (Å²) in [5.41, 5.74) is 8.48. The molecule has 2 aliphatic carbocycles. The third-order valence-electron chi connectivity index (χ3n) is 8.91. The number of ether oxygens (including phenoxy) is 2. The van der Waals surface area contributed by atoms with Crippen LogP contribution < -0.4 is 25.6 Å². The minimum absolute atomic E-state index is 0.0609. The van der Waals surface area contributed by atoms with E-state index in [1.54, 1.807) is 66.7 Å². The van der Waals surface area contributed by atoms with Crippen molar-refractivity contribution in [1.82, 2.24) is 0 Å². The van der Waals surface area contributed by atoms with Gasteiger partial charge in [0.1, 0.15) is 27.0 Å². The molecule has 2 aliphatic rings. The topological polar surface area (TPSA) is 222 Å². The largest absolute Gasteiger partial charge is 0.494 e. The van der Waals surface area contributed by atoms with Crippen molar-refractivity contribution in [3.8, 4) is 22.6 Å². The molecule has 7 rings (SSSR count). The standard InChI is InChI=1S/C40H31N5O10S2/c1-54-34-19-23(12-16-31(34)42-44-33-22-36(56(48,49)50)29-10-6-7-11-30(29)39(33)46)24-13-17-32(35(20-24)55-2)43-45-38-37(57(51,52)53)21-25-18-27(14-15-28(25)40(38)47)41-26-8-4-3-5-9-26/h3-22,41-43H,1-2H3,(H,48,49,50)(H,51,52,53)/b44-33+,45-38-. The number of benzene rings is 5. The Morgan fingerprint density at radius 2 is 1.14 bits per heavy atom. The number of nitrogens with one attached hydrogen (secondary N) is 3. The molecule has 0 bridgehead atoms. The molecule has 0 spiro atoms. The van der Waals surface area contributed by atoms with Crippen LogP contribution in [0.5, 0.6) is 11.5 Å². The van der Waals surface area contributed by atoms with Gasteiger partial charge in [-0.05, 0) is 83.4 Å². The lowest BCUT2D eigenvalue weighted by atomic mass is 9.94. The van der Waals surface area contributed by atoms with Gasteiger partial charge in [0.25, 0.3) is 20.2 Å². The minimum Gasteiger partial charge on any atom is -0.494 e. The van der Waals surface area contributed by atoms with E-state index >= 15 is 0 Å². The van der Waals surface area contributed by atoms with E-state index in [1.165, 1.54) is 32.4 Å². The number of allylic oxidation sites excluding steroid dienone is 2. The summed E-state index contributed by atoms with van der Waals surface area (Å²) in [6.45, 7) is 0. The smallest absolute Gasteiger partial charge is 0.296 e. The van der Waals surface area contributed by atoms with Crippen LogP contribution in [0.15, 0.2) is 130 Å². The molecule has 5 aromatic carbocycles. The summed E-state index contributed by atoms with van der Waals surface area (Å²) in [6, 6.07) is 30.0. The van der Waals surface area contributed by atoms with Gasteiger partial charge in [0, 0.05) is 28.1 Å². The summed E-state index contributed by atoms with van der Waals surface area (Å²) in [6.07, 6.45) is 2.17. The number of hydrogen-bond donors (Lipinski definition) is 5. The van der Waals surface area contributed by atoms with E-state index in [4.69, 9.17) is 9.47 Å². The predicted molar refractivity (Wildman–Crippen MR) is 217 cm³/mol. The highest BCUT2D eigenvalue weighted by Gasteiger charge is 2.33. The maximum atomic E-state index is 13.6. The third kappa shape index (κ3) is 7.94. The molecule has 57 heavy (non-hydrogen) atoms. The number of carbonyl (C=O) groups excluding carboxylic acids is 2. The molecule has 0 saturated carbocycles. The van der Waals surface area contributed by atoms with Crippen molar-refractivity contribution < 1.29 is 45.0 Å². The molecule has 0 atom stereocenters. The van der Waals surface area contributed by atoms with E-state index in [1.807, 2.05) is 30.3 Å². The van der Waals surface area contributed by atoms with E-state index in [9.17, 15) is 35.5 Å². The lowest BCUT2D eigenvalue weighted by molar-refractivity contribution is 0.105. The van der Waals surface area contributed by atoms with Gasteiger partial charge in [0.05, 0.1) is 25.6 Å². The molecule has 0 radical (unpaired) electrons. The van der Waals surface area contributed by atoms with Crippen molar-refractivity contribution in [3.63, 3.8) is 0 Å². The maximum Gasteiger partial charge on any atom is 0.296 e. The first-order valence-electron chi connectivity index (χ1n) is 16.8. The second-order valence-electron chi connectivity index (χ2n) is 12.5. The Labute approximate surface area is 326 Å². The van der Waals surface area contributed by atoms with Crippen molar-refractivity contribution in [2.75, 3.05) is 30.4 Å². The summed E-state index contributed by atoms with van der Waals surface area (Å²) in [7, 11) is -6.74. The van der Waals surface area contributed by atoms with Crippen LogP contribution in [-0.4, -0.2) is 63.2 Å². The lowest BCUT2D eigenvalue weighted by Crippen LogP contribution is -2.27. The van der Waals surface area contributed by atoms with Gasteiger partial charge in [0.15, 0.2) is 5.71 Å². The van der Waals surface area contributed by atoms with E-state index in [0.717, 1.165) is 11.8 Å². The van der Waals surface area contributed by atoms with E-state index < -0.39 is 47.3 Å². The number of nitrogens with zero attached hydrogens (tertiary/aromatic N) is 2. The molecule has 5 aromatic rings. The molecular weight excluding hydrogens is 775 g/mol. The number of rotatable bonds is 11. The molecule has 0 saturated heterocycles. The molecule has 0 heterocycles. The quantitative estimate of drug-likeness (QED) is 0.0678. The van der Waals surface area contributed by atoms with Gasteiger partial charge in [0.2, 0.25) is 11.6 Å². The summed E-state index contributed by atoms with van der Waals surface area (Å²) >= 11 is 0. The van der Waals surface area contributed by atoms with Gasteiger partial charge >= 0.3 is 0 Å². The third-order valence-corrected chi connectivity index (χ3v) is 10.7. The Bertz CT molecular complexity index is 2830. The van der Waals surface area contributed by atoms with Gasteiger partial charge in [-0.15, -0.1) is 0 Å². The van der Waals surface area contributed by atoms with Crippen molar-refractivity contribution in [2.45, 2.75) is 0 Å². The average Bonchev–Trinajstić information content (AvgIpc) is 3.19. The number of para-hydroxylation sites is 1. The molecule has 5 N–H and O–H groups in total. The monoisotopic (exact) mass is 805 g/mol. The van der Waals surface area contributed by atoms with Gasteiger partial charge in [-0.25, -0.2) is 0 Å². The highest BCUT2D eigenvalue weighted by Crippen LogP contribution is 2.36. The Hall–Kier alpha value is -6.92. The lowest BCUT2D eigenvalue weighted by Gasteiger charge is -2.18. The van der Waals surface area contributed by atoms with Crippen LogP contribution in [0.25, 0.3) is 22.1 Å². The Balaban J connectivity index is 1.13. The fourth-order valence-electron chi connectivity index (χ4n) is 6.17. The number of Topliss-reactive ketones (excluding diaryl/α,β-unsaturated/α-hetero) is 2. The zero-order valence-electron chi connectivity index (χ0n) is 29.9. The molecule has 0 unspecified atom stereocenters. The maximum absolute atomic E-state index is 13.6. The fourth-order valence-corrected chi connectivity index (χ4v) is 7.54. The molecular formula is C40H31N5O10S2. The fraction of sp³-hybridized carbons (Fsp3) is 0.0500. The zero-order valence-corrected chi connectivity index (χ0v) is 31.6. The first-order chi connectivity index (χ1) is 27.2. The highest BCUT2D eigenvalue weighted by atomic mass is 32.2. The van der Waals surface area contributed by atoms with Crippen LogP contribution in [0.1, 0.15) is 31.8 Å². The van der Waals surface area contributed by atoms with Crippen LogP contribution in [-0.2, 0) is 20.2 Å². The first-order valence-corrected chi connectivity index (χ1v) is 19.7. The molecule has 15 nitrogen and oxygen atoms in total. The molecule has 17 heteroatoms. The van der Waals surface area contributed by atoms with Crippen LogP contribution in [0.2, 0.25) is 0 Å². The number of fused-ring (bicyclic) bond motifs is 2. The number of hydrazone groups is 2. The summed E-state index contributed by atoms with van der Waals surface area (Å²) < 4.78 is 80.2. The summed E-state index contributed by atoms with van der Waals surface area (Å²) in [5, 5.41) is 11.4. The van der Waals surface area contributed by atoms with Gasteiger partial charge in [-0.2, -0.15) is 27.0 Å². The SMILES string of the molecule is COc1cc(-c2ccc(N/N=C3\C(=O)c4ccc(Nc5ccccc5)cc4C=C3S(=O)(=O)O)c(OC)c2)ccc1N/N=C1\C=C(S(=O)(=O)O)c2ccccc2C1=O. The van der Waals surface area contributed by atoms with E-state index in [-0.39, 0.29) is 39.4 Å². The Morgan fingerprint density at radius 1 is 0.561 bits per heavy atom. The molecule has 288 valence electrons. The predicted octanol–water partition coefficient (Wildman–Crippen LogP) is 6.90. The molecule has 0 fully saturated rings. The van der Waals surface area contributed by atoms with Crippen LogP contribution in [0, 0.1) is 0 Å². The van der Waals surface area contributed by atoms with Crippen LogP contribution in [0.3, 0.4) is 0 Å². The first kappa shape index (κ1) is 38.4. The van der Waals surface area contributed by atoms with Crippen LogP contribution >= 0.6 is 0 Å². The number of anilines is 4. The molecule has 0 aliphatic heterocycles. The van der Waals surface area contributed by atoms with Gasteiger partial charge in [-0.3, -0.25) is 29.5 Å². The zero-order chi connectivity index (χ0) is 40.5. The number of carbonyl (C=O) groups is 2. The van der Waals surface area contributed by atoms with Crippen molar-refractivity contribution in [1.29, 1.82) is 0 Å².